The van der Waals surface area contributed by atoms with Gasteiger partial charge in [-0.25, -0.2) is 0 Å². The smallest absolute Gasteiger partial charge is 0.295 e. The molecule has 7 heteroatoms. The minimum atomic E-state index is -0.673. The third-order valence-corrected chi connectivity index (χ3v) is 5.62. The Balaban J connectivity index is 1.98. The summed E-state index contributed by atoms with van der Waals surface area (Å²) in [5.74, 6) is -0.908. The van der Waals surface area contributed by atoms with Gasteiger partial charge in [0.25, 0.3) is 11.7 Å². The maximum Gasteiger partial charge on any atom is 0.295 e. The van der Waals surface area contributed by atoms with Gasteiger partial charge in [0.1, 0.15) is 11.5 Å². The highest BCUT2D eigenvalue weighted by molar-refractivity contribution is 7.10. The van der Waals surface area contributed by atoms with Crippen molar-refractivity contribution in [3.63, 3.8) is 0 Å². The van der Waals surface area contributed by atoms with Gasteiger partial charge in [-0.1, -0.05) is 18.2 Å². The molecule has 0 spiro atoms. The fraction of sp³-hybridized carbons (Fsp3) is 0.364. The van der Waals surface area contributed by atoms with E-state index in [4.69, 9.17) is 9.47 Å². The molecule has 2 heterocycles. The van der Waals surface area contributed by atoms with Gasteiger partial charge >= 0.3 is 0 Å². The molecule has 0 bridgehead atoms. The molecule has 6 nitrogen and oxygen atoms in total. The molecule has 0 radical (unpaired) electrons. The number of ketones is 1. The fourth-order valence-electron chi connectivity index (χ4n) is 3.33. The standard InChI is InChI=1S/C22H25NO5S/c1-14(2)28-11-6-10-23-19(17-9-5-12-29-17)18(21(25)22(23)26)20(24)15-7-4-8-16(13-15)27-3/h4-5,7-9,12-14,19,24H,6,10-11H2,1-3H3/b20-18+. The van der Waals surface area contributed by atoms with Crippen LogP contribution >= 0.6 is 11.3 Å². The van der Waals surface area contributed by atoms with Crippen LogP contribution in [0.4, 0.5) is 0 Å². The maximum absolute atomic E-state index is 12.9. The predicted molar refractivity (Wildman–Crippen MR) is 112 cm³/mol. The summed E-state index contributed by atoms with van der Waals surface area (Å²) in [7, 11) is 1.53. The number of nitrogens with zero attached hydrogens (tertiary/aromatic N) is 1. The first-order chi connectivity index (χ1) is 13.9. The highest BCUT2D eigenvalue weighted by Gasteiger charge is 2.46. The highest BCUT2D eigenvalue weighted by atomic mass is 32.1. The third-order valence-electron chi connectivity index (χ3n) is 4.69. The number of hydrogen-bond donors (Lipinski definition) is 1. The van der Waals surface area contributed by atoms with Crippen LogP contribution in [0.2, 0.25) is 0 Å². The van der Waals surface area contributed by atoms with Crippen LogP contribution in [0.25, 0.3) is 5.76 Å². The van der Waals surface area contributed by atoms with E-state index in [2.05, 4.69) is 0 Å². The lowest BCUT2D eigenvalue weighted by Gasteiger charge is -2.24. The summed E-state index contributed by atoms with van der Waals surface area (Å²) in [5, 5.41) is 12.9. The van der Waals surface area contributed by atoms with Crippen LogP contribution in [0.3, 0.4) is 0 Å². The Morgan fingerprint density at radius 1 is 1.24 bits per heavy atom. The van der Waals surface area contributed by atoms with E-state index in [1.165, 1.54) is 23.3 Å². The van der Waals surface area contributed by atoms with E-state index >= 15 is 0 Å². The molecular weight excluding hydrogens is 390 g/mol. The molecule has 1 aromatic heterocycles. The molecule has 1 aliphatic rings. The number of benzene rings is 1. The average Bonchev–Trinajstić information content (AvgIpc) is 3.32. The van der Waals surface area contributed by atoms with Gasteiger partial charge in [-0.05, 0) is 43.8 Å². The molecule has 0 aliphatic carbocycles. The van der Waals surface area contributed by atoms with Gasteiger partial charge in [-0.15, -0.1) is 11.3 Å². The van der Waals surface area contributed by atoms with Crippen LogP contribution in [0, 0.1) is 0 Å². The molecular formula is C22H25NO5S. The number of aliphatic hydroxyl groups excluding tert-OH is 1. The third kappa shape index (κ3) is 4.52. The molecule has 3 rings (SSSR count). The number of hydrogen-bond acceptors (Lipinski definition) is 6. The second-order valence-corrected chi connectivity index (χ2v) is 7.99. The van der Waals surface area contributed by atoms with Crippen LogP contribution in [-0.4, -0.2) is 48.1 Å². The molecule has 2 aromatic rings. The number of carbonyl (C=O) groups excluding carboxylic acids is 2. The Hall–Kier alpha value is -2.64. The van der Waals surface area contributed by atoms with Crippen molar-refractivity contribution in [1.29, 1.82) is 0 Å². The van der Waals surface area contributed by atoms with E-state index in [0.29, 0.717) is 30.9 Å². The number of ether oxygens (including phenoxy) is 2. The summed E-state index contributed by atoms with van der Waals surface area (Å²) in [6.07, 6.45) is 0.707. The summed E-state index contributed by atoms with van der Waals surface area (Å²) in [6, 6.07) is 9.94. The zero-order valence-corrected chi connectivity index (χ0v) is 17.6. The molecule has 1 aliphatic heterocycles. The zero-order valence-electron chi connectivity index (χ0n) is 16.8. The number of thiophene rings is 1. The Morgan fingerprint density at radius 2 is 2.03 bits per heavy atom. The van der Waals surface area contributed by atoms with Crippen molar-refractivity contribution >= 4 is 28.8 Å². The molecule has 1 N–H and O–H groups in total. The summed E-state index contributed by atoms with van der Waals surface area (Å²) in [4.78, 5) is 28.0. The van der Waals surface area contributed by atoms with Crippen LogP contribution in [0.15, 0.2) is 47.4 Å². The number of carbonyl (C=O) groups is 2. The largest absolute Gasteiger partial charge is 0.507 e. The van der Waals surface area contributed by atoms with Crippen molar-refractivity contribution in [2.24, 2.45) is 0 Å². The van der Waals surface area contributed by atoms with Crippen molar-refractivity contribution in [2.75, 3.05) is 20.3 Å². The fourth-order valence-corrected chi connectivity index (χ4v) is 4.18. The first-order valence-corrected chi connectivity index (χ1v) is 10.4. The lowest BCUT2D eigenvalue weighted by atomic mass is 9.99. The number of aliphatic hydroxyl groups is 1. The van der Waals surface area contributed by atoms with Gasteiger partial charge in [0.15, 0.2) is 0 Å². The molecule has 1 amide bonds. The van der Waals surface area contributed by atoms with E-state index in [9.17, 15) is 14.7 Å². The summed E-state index contributed by atoms with van der Waals surface area (Å²) in [5.41, 5.74) is 0.544. The van der Waals surface area contributed by atoms with Crippen molar-refractivity contribution in [3.05, 3.63) is 57.8 Å². The van der Waals surface area contributed by atoms with Gasteiger partial charge in [0.2, 0.25) is 0 Å². The molecule has 154 valence electrons. The Bertz CT molecular complexity index is 904. The van der Waals surface area contributed by atoms with Crippen molar-refractivity contribution in [2.45, 2.75) is 32.4 Å². The summed E-state index contributed by atoms with van der Waals surface area (Å²) >= 11 is 1.45. The normalized spacial score (nSPS) is 18.6. The topological polar surface area (TPSA) is 76.1 Å². The zero-order chi connectivity index (χ0) is 21.0. The molecule has 1 unspecified atom stereocenters. The second kappa shape index (κ2) is 9.24. The Labute approximate surface area is 174 Å². The number of amides is 1. The van der Waals surface area contributed by atoms with Crippen molar-refractivity contribution < 1.29 is 24.2 Å². The van der Waals surface area contributed by atoms with Crippen LogP contribution in [-0.2, 0) is 14.3 Å². The summed E-state index contributed by atoms with van der Waals surface area (Å²) < 4.78 is 10.8. The van der Waals surface area contributed by atoms with Gasteiger partial charge in [-0.3, -0.25) is 9.59 Å². The average molecular weight is 416 g/mol. The molecule has 1 atom stereocenters. The number of rotatable bonds is 8. The molecule has 29 heavy (non-hydrogen) atoms. The highest BCUT2D eigenvalue weighted by Crippen LogP contribution is 2.41. The maximum atomic E-state index is 12.9. The lowest BCUT2D eigenvalue weighted by molar-refractivity contribution is -0.140. The van der Waals surface area contributed by atoms with E-state index in [0.717, 1.165) is 4.88 Å². The molecule has 1 saturated heterocycles. The van der Waals surface area contributed by atoms with Gasteiger partial charge in [0, 0.05) is 23.6 Å². The number of Topliss-reactive ketones (excluding diaryl/α,β-unsaturated/α-hetero) is 1. The minimum Gasteiger partial charge on any atom is -0.507 e. The van der Waals surface area contributed by atoms with E-state index in [1.807, 2.05) is 31.4 Å². The van der Waals surface area contributed by atoms with Crippen LogP contribution < -0.4 is 4.74 Å². The lowest BCUT2D eigenvalue weighted by Crippen LogP contribution is -2.31. The molecule has 1 aromatic carbocycles. The van der Waals surface area contributed by atoms with Crippen LogP contribution in [0.5, 0.6) is 5.75 Å². The van der Waals surface area contributed by atoms with Crippen molar-refractivity contribution in [3.8, 4) is 5.75 Å². The Morgan fingerprint density at radius 3 is 2.69 bits per heavy atom. The van der Waals surface area contributed by atoms with Gasteiger partial charge < -0.3 is 19.5 Å². The number of likely N-dealkylation sites (tertiary alicyclic amines) is 1. The van der Waals surface area contributed by atoms with E-state index in [1.54, 1.807) is 24.3 Å². The molecule has 1 fully saturated rings. The van der Waals surface area contributed by atoms with Crippen LogP contribution in [0.1, 0.15) is 36.8 Å². The van der Waals surface area contributed by atoms with Gasteiger partial charge in [0.05, 0.1) is 24.8 Å². The van der Waals surface area contributed by atoms with E-state index in [-0.39, 0.29) is 17.4 Å². The Kier molecular flexibility index (Phi) is 6.71. The second-order valence-electron chi connectivity index (χ2n) is 7.01. The minimum absolute atomic E-state index is 0.103. The quantitative estimate of drug-likeness (QED) is 0.305. The van der Waals surface area contributed by atoms with Gasteiger partial charge in [-0.2, -0.15) is 0 Å². The summed E-state index contributed by atoms with van der Waals surface area (Å²) in [6.45, 7) is 4.76. The van der Waals surface area contributed by atoms with Crippen molar-refractivity contribution in [1.82, 2.24) is 4.90 Å². The number of methoxy groups -OCH3 is 1. The first-order valence-electron chi connectivity index (χ1n) is 9.52. The SMILES string of the molecule is COc1cccc(/C(O)=C2\C(=O)C(=O)N(CCCOC(C)C)C2c2cccs2)c1. The first kappa shape index (κ1) is 21.1. The monoisotopic (exact) mass is 415 g/mol. The predicted octanol–water partition coefficient (Wildman–Crippen LogP) is 3.99. The molecule has 0 saturated carbocycles. The van der Waals surface area contributed by atoms with E-state index < -0.39 is 17.7 Å².